The second-order valence-corrected chi connectivity index (χ2v) is 5.74. The monoisotopic (exact) mass is 341 g/mol. The Kier molecular flexibility index (Phi) is 4.52. The average molecular weight is 341 g/mol. The number of thiazole rings is 1. The number of carbonyl (C=O) groups excluding carboxylic acids is 1. The average Bonchev–Trinajstić information content (AvgIpc) is 3.09. The zero-order chi connectivity index (χ0) is 16.9. The topological polar surface area (TPSA) is 118 Å². The minimum absolute atomic E-state index is 0.276. The Balaban J connectivity index is 1.71. The number of hydrogen-bond acceptors (Lipinski definition) is 8. The standard InChI is InChI=1S/C15H15N7OS/c1-9-4-2-3-5-10(9)14(23)22-21-13-11(16)12(18-8-19-13)20-15-17-6-7-24-15/h2-8H,16H2,1H3,(H,22,23)(H2,17,18,19,20,21). The molecule has 0 atom stereocenters. The van der Waals surface area contributed by atoms with Gasteiger partial charge >= 0.3 is 0 Å². The van der Waals surface area contributed by atoms with Crippen molar-refractivity contribution in [2.45, 2.75) is 6.92 Å². The molecular formula is C15H15N7OS. The summed E-state index contributed by atoms with van der Waals surface area (Å²) in [7, 11) is 0. The minimum atomic E-state index is -0.277. The van der Waals surface area contributed by atoms with Crippen molar-refractivity contribution in [2.24, 2.45) is 0 Å². The van der Waals surface area contributed by atoms with Crippen LogP contribution in [0.3, 0.4) is 0 Å². The molecular weight excluding hydrogens is 326 g/mol. The van der Waals surface area contributed by atoms with Crippen molar-refractivity contribution in [2.75, 3.05) is 16.5 Å². The summed E-state index contributed by atoms with van der Waals surface area (Å²) in [6.07, 6.45) is 3.01. The fourth-order valence-electron chi connectivity index (χ4n) is 1.99. The summed E-state index contributed by atoms with van der Waals surface area (Å²) in [6.45, 7) is 1.87. The van der Waals surface area contributed by atoms with Gasteiger partial charge in [-0.25, -0.2) is 15.0 Å². The van der Waals surface area contributed by atoms with Crippen LogP contribution in [0.1, 0.15) is 15.9 Å². The van der Waals surface area contributed by atoms with Crippen molar-refractivity contribution < 1.29 is 4.79 Å². The van der Waals surface area contributed by atoms with Crippen LogP contribution in [-0.2, 0) is 0 Å². The van der Waals surface area contributed by atoms with Gasteiger partial charge in [0.25, 0.3) is 5.91 Å². The van der Waals surface area contributed by atoms with Gasteiger partial charge in [0.15, 0.2) is 16.8 Å². The van der Waals surface area contributed by atoms with Gasteiger partial charge in [-0.15, -0.1) is 11.3 Å². The Hall–Kier alpha value is -3.20. The summed E-state index contributed by atoms with van der Waals surface area (Å²) in [5.74, 6) is 0.430. The van der Waals surface area contributed by atoms with Crippen molar-refractivity contribution in [3.05, 3.63) is 53.3 Å². The fourth-order valence-corrected chi connectivity index (χ4v) is 2.52. The molecule has 0 saturated heterocycles. The van der Waals surface area contributed by atoms with Crippen LogP contribution in [-0.4, -0.2) is 20.9 Å². The highest BCUT2D eigenvalue weighted by atomic mass is 32.1. The number of amides is 1. The number of aryl methyl sites for hydroxylation is 1. The molecule has 8 nitrogen and oxygen atoms in total. The Morgan fingerprint density at radius 1 is 1.17 bits per heavy atom. The Labute approximate surface area is 142 Å². The third-order valence-corrected chi connectivity index (χ3v) is 3.91. The van der Waals surface area contributed by atoms with Crippen molar-refractivity contribution in [3.63, 3.8) is 0 Å². The van der Waals surface area contributed by atoms with E-state index in [2.05, 4.69) is 31.1 Å². The van der Waals surface area contributed by atoms with Gasteiger partial charge in [0.1, 0.15) is 12.0 Å². The molecule has 0 aliphatic rings. The first kappa shape index (κ1) is 15.7. The normalized spacial score (nSPS) is 10.2. The minimum Gasteiger partial charge on any atom is -0.393 e. The predicted octanol–water partition coefficient (Wildman–Crippen LogP) is 2.32. The molecule has 1 amide bonds. The van der Waals surface area contributed by atoms with Gasteiger partial charge in [0, 0.05) is 17.1 Å². The lowest BCUT2D eigenvalue weighted by Crippen LogP contribution is -2.30. The molecule has 0 fully saturated rings. The Morgan fingerprint density at radius 2 is 1.96 bits per heavy atom. The van der Waals surface area contributed by atoms with Crippen molar-refractivity contribution in [1.82, 2.24) is 20.4 Å². The summed E-state index contributed by atoms with van der Waals surface area (Å²) in [6, 6.07) is 7.28. The van der Waals surface area contributed by atoms with E-state index in [-0.39, 0.29) is 11.6 Å². The van der Waals surface area contributed by atoms with Gasteiger partial charge in [-0.1, -0.05) is 18.2 Å². The molecule has 24 heavy (non-hydrogen) atoms. The van der Waals surface area contributed by atoms with Crippen LogP contribution in [0, 0.1) is 6.92 Å². The number of benzene rings is 1. The van der Waals surface area contributed by atoms with Crippen LogP contribution in [0.25, 0.3) is 0 Å². The molecule has 3 aromatic rings. The molecule has 0 bridgehead atoms. The third kappa shape index (κ3) is 3.41. The fraction of sp³-hybridized carbons (Fsp3) is 0.0667. The van der Waals surface area contributed by atoms with Crippen LogP contribution in [0.5, 0.6) is 0 Å². The number of hydrogen-bond donors (Lipinski definition) is 4. The molecule has 0 aliphatic heterocycles. The summed E-state index contributed by atoms with van der Waals surface area (Å²) in [5, 5.41) is 5.50. The SMILES string of the molecule is Cc1ccccc1C(=O)NNc1ncnc(Nc2nccs2)c1N. The quantitative estimate of drug-likeness (QED) is 0.526. The molecule has 9 heteroatoms. The van der Waals surface area contributed by atoms with Crippen LogP contribution < -0.4 is 21.9 Å². The van der Waals surface area contributed by atoms with Crippen LogP contribution in [0.4, 0.5) is 22.5 Å². The number of nitrogens with two attached hydrogens (primary N) is 1. The first-order chi connectivity index (χ1) is 11.6. The van der Waals surface area contributed by atoms with Crippen molar-refractivity contribution >= 4 is 39.7 Å². The van der Waals surface area contributed by atoms with Gasteiger partial charge < -0.3 is 11.1 Å². The molecule has 1 aromatic carbocycles. The highest BCUT2D eigenvalue weighted by molar-refractivity contribution is 7.13. The van der Waals surface area contributed by atoms with Gasteiger partial charge in [-0.05, 0) is 18.6 Å². The molecule has 0 saturated carbocycles. The van der Waals surface area contributed by atoms with E-state index in [0.717, 1.165) is 5.56 Å². The van der Waals surface area contributed by atoms with Gasteiger partial charge in [0.2, 0.25) is 0 Å². The molecule has 2 aromatic heterocycles. The first-order valence-electron chi connectivity index (χ1n) is 7.04. The summed E-state index contributed by atoms with van der Waals surface area (Å²) in [4.78, 5) is 24.4. The number of nitrogens with one attached hydrogen (secondary N) is 3. The summed E-state index contributed by atoms with van der Waals surface area (Å²) in [5.41, 5.74) is 13.1. The number of nitrogens with zero attached hydrogens (tertiary/aromatic N) is 3. The lowest BCUT2D eigenvalue weighted by Gasteiger charge is -2.12. The number of anilines is 4. The van der Waals surface area contributed by atoms with E-state index >= 15 is 0 Å². The second-order valence-electron chi connectivity index (χ2n) is 4.84. The molecule has 5 N–H and O–H groups in total. The van der Waals surface area contributed by atoms with Crippen LogP contribution in [0.2, 0.25) is 0 Å². The highest BCUT2D eigenvalue weighted by Gasteiger charge is 2.12. The summed E-state index contributed by atoms with van der Waals surface area (Å²) < 4.78 is 0. The molecule has 0 unspecified atom stereocenters. The Bertz CT molecular complexity index is 851. The lowest BCUT2D eigenvalue weighted by molar-refractivity contribution is 0.0962. The first-order valence-corrected chi connectivity index (χ1v) is 7.92. The predicted molar refractivity (Wildman–Crippen MR) is 94.1 cm³/mol. The van der Waals surface area contributed by atoms with Crippen molar-refractivity contribution in [3.8, 4) is 0 Å². The largest absolute Gasteiger partial charge is 0.393 e. The zero-order valence-corrected chi connectivity index (χ0v) is 13.6. The number of nitrogen functional groups attached to an aromatic ring is 1. The number of aromatic nitrogens is 3. The lowest BCUT2D eigenvalue weighted by atomic mass is 10.1. The summed E-state index contributed by atoms with van der Waals surface area (Å²) >= 11 is 1.42. The molecule has 0 spiro atoms. The van der Waals surface area contributed by atoms with E-state index in [9.17, 15) is 4.79 Å². The third-order valence-electron chi connectivity index (χ3n) is 3.23. The molecule has 0 radical (unpaired) electrons. The number of rotatable bonds is 5. The Morgan fingerprint density at radius 3 is 2.71 bits per heavy atom. The number of carbonyl (C=O) groups is 1. The molecule has 0 aliphatic carbocycles. The van der Waals surface area contributed by atoms with Crippen LogP contribution in [0.15, 0.2) is 42.2 Å². The maximum atomic E-state index is 12.2. The molecule has 122 valence electrons. The van der Waals surface area contributed by atoms with Gasteiger partial charge in [-0.3, -0.25) is 15.6 Å². The van der Waals surface area contributed by atoms with E-state index in [1.165, 1.54) is 17.7 Å². The van der Waals surface area contributed by atoms with Crippen molar-refractivity contribution in [1.29, 1.82) is 0 Å². The maximum Gasteiger partial charge on any atom is 0.269 e. The molecule has 2 heterocycles. The van der Waals surface area contributed by atoms with E-state index in [0.29, 0.717) is 22.3 Å². The van der Waals surface area contributed by atoms with E-state index in [4.69, 9.17) is 5.73 Å². The van der Waals surface area contributed by atoms with Crippen LogP contribution >= 0.6 is 11.3 Å². The smallest absolute Gasteiger partial charge is 0.269 e. The second kappa shape index (κ2) is 6.92. The number of hydrazine groups is 1. The van der Waals surface area contributed by atoms with Gasteiger partial charge in [0.05, 0.1) is 0 Å². The highest BCUT2D eigenvalue weighted by Crippen LogP contribution is 2.26. The van der Waals surface area contributed by atoms with Gasteiger partial charge in [-0.2, -0.15) is 0 Å². The zero-order valence-electron chi connectivity index (χ0n) is 12.8. The van der Waals surface area contributed by atoms with E-state index in [1.807, 2.05) is 24.4 Å². The maximum absolute atomic E-state index is 12.2. The van der Waals surface area contributed by atoms with E-state index in [1.54, 1.807) is 18.3 Å². The molecule has 3 rings (SSSR count). The van der Waals surface area contributed by atoms with E-state index < -0.39 is 0 Å².